The van der Waals surface area contributed by atoms with Gasteiger partial charge in [-0.15, -0.1) is 11.3 Å². The molecular formula is C16H20N4O3S2. The van der Waals surface area contributed by atoms with Gasteiger partial charge in [0.15, 0.2) is 0 Å². The molecule has 0 bridgehead atoms. The predicted molar refractivity (Wildman–Crippen MR) is 100 cm³/mol. The van der Waals surface area contributed by atoms with Crippen molar-refractivity contribution in [3.63, 3.8) is 0 Å². The van der Waals surface area contributed by atoms with E-state index >= 15 is 0 Å². The Balaban J connectivity index is 1.59. The molecule has 25 heavy (non-hydrogen) atoms. The largest absolute Gasteiger partial charge is 0.368 e. The average Bonchev–Trinajstić information content (AvgIpc) is 3.16. The van der Waals surface area contributed by atoms with Gasteiger partial charge in [-0.1, -0.05) is 6.07 Å². The van der Waals surface area contributed by atoms with E-state index in [1.807, 2.05) is 34.5 Å². The quantitative estimate of drug-likeness (QED) is 0.825. The second kappa shape index (κ2) is 7.42. The molecule has 1 aliphatic heterocycles. The Morgan fingerprint density at radius 1 is 1.08 bits per heavy atom. The molecule has 1 amide bonds. The van der Waals surface area contributed by atoms with Crippen molar-refractivity contribution in [3.8, 4) is 0 Å². The van der Waals surface area contributed by atoms with Gasteiger partial charge in [0.2, 0.25) is 0 Å². The second-order valence-corrected chi connectivity index (χ2v) is 8.18. The fraction of sp³-hybridized carbons (Fsp3) is 0.312. The first-order valence-corrected chi connectivity index (χ1v) is 10.2. The van der Waals surface area contributed by atoms with Crippen LogP contribution in [0.5, 0.6) is 0 Å². The minimum absolute atomic E-state index is 0.0893. The summed E-state index contributed by atoms with van der Waals surface area (Å²) in [6.07, 6.45) is 0. The van der Waals surface area contributed by atoms with Crippen molar-refractivity contribution in [1.82, 2.24) is 9.62 Å². The number of anilines is 2. The molecule has 3 rings (SSSR count). The van der Waals surface area contributed by atoms with Crippen LogP contribution in [0.1, 0.15) is 9.67 Å². The summed E-state index contributed by atoms with van der Waals surface area (Å²) in [5.74, 6) is 0.0893. The van der Waals surface area contributed by atoms with E-state index in [4.69, 9.17) is 0 Å². The van der Waals surface area contributed by atoms with Gasteiger partial charge in [-0.3, -0.25) is 9.52 Å². The number of carbonyl (C=O) groups excluding carboxylic acids is 1. The van der Waals surface area contributed by atoms with Crippen LogP contribution in [0.4, 0.5) is 11.4 Å². The smallest absolute Gasteiger partial charge is 0.298 e. The third-order valence-electron chi connectivity index (χ3n) is 4.05. The first-order valence-electron chi connectivity index (χ1n) is 7.87. The number of amides is 1. The Bertz CT molecular complexity index is 812. The van der Waals surface area contributed by atoms with Crippen LogP contribution in [0.3, 0.4) is 0 Å². The zero-order valence-electron chi connectivity index (χ0n) is 13.8. The van der Waals surface area contributed by atoms with Gasteiger partial charge in [0.1, 0.15) is 0 Å². The lowest BCUT2D eigenvalue weighted by molar-refractivity contribution is 0.0751. The molecular weight excluding hydrogens is 360 g/mol. The van der Waals surface area contributed by atoms with Crippen molar-refractivity contribution in [2.75, 3.05) is 42.8 Å². The molecule has 0 spiro atoms. The molecule has 2 heterocycles. The first kappa shape index (κ1) is 17.7. The highest BCUT2D eigenvalue weighted by atomic mass is 32.2. The van der Waals surface area contributed by atoms with Gasteiger partial charge in [0.25, 0.3) is 16.1 Å². The molecule has 0 unspecified atom stereocenters. The molecule has 0 radical (unpaired) electrons. The van der Waals surface area contributed by atoms with E-state index in [1.54, 1.807) is 12.1 Å². The van der Waals surface area contributed by atoms with Crippen molar-refractivity contribution in [1.29, 1.82) is 0 Å². The zero-order valence-corrected chi connectivity index (χ0v) is 15.4. The molecule has 9 heteroatoms. The Labute approximate surface area is 151 Å². The standard InChI is InChI=1S/C16H20N4O3S2/c1-17-25(22,23)18-13-4-6-14(7-5-13)19-8-10-20(11-9-19)16(21)15-3-2-12-24-15/h2-7,12,17-18H,8-11H2,1H3. The number of benzene rings is 1. The lowest BCUT2D eigenvalue weighted by Crippen LogP contribution is -2.48. The van der Waals surface area contributed by atoms with Crippen molar-refractivity contribution in [2.24, 2.45) is 0 Å². The van der Waals surface area contributed by atoms with E-state index in [-0.39, 0.29) is 5.91 Å². The number of thiophene rings is 1. The number of hydrogen-bond donors (Lipinski definition) is 2. The minimum atomic E-state index is -3.51. The third kappa shape index (κ3) is 4.30. The number of carbonyl (C=O) groups is 1. The molecule has 2 aromatic rings. The zero-order chi connectivity index (χ0) is 17.9. The van der Waals surface area contributed by atoms with E-state index in [1.165, 1.54) is 18.4 Å². The maximum absolute atomic E-state index is 12.4. The van der Waals surface area contributed by atoms with Gasteiger partial charge in [-0.2, -0.15) is 8.42 Å². The average molecular weight is 380 g/mol. The molecule has 7 nitrogen and oxygen atoms in total. The van der Waals surface area contributed by atoms with Crippen LogP contribution in [-0.4, -0.2) is 52.5 Å². The van der Waals surface area contributed by atoms with E-state index in [0.29, 0.717) is 18.8 Å². The summed E-state index contributed by atoms with van der Waals surface area (Å²) < 4.78 is 27.6. The van der Waals surface area contributed by atoms with Crippen LogP contribution in [0, 0.1) is 0 Å². The highest BCUT2D eigenvalue weighted by molar-refractivity contribution is 7.90. The Morgan fingerprint density at radius 3 is 2.32 bits per heavy atom. The summed E-state index contributed by atoms with van der Waals surface area (Å²) in [4.78, 5) is 17.2. The topological polar surface area (TPSA) is 81.8 Å². The Morgan fingerprint density at radius 2 is 1.76 bits per heavy atom. The predicted octanol–water partition coefficient (Wildman–Crippen LogP) is 1.59. The van der Waals surface area contributed by atoms with Crippen molar-refractivity contribution >= 4 is 38.8 Å². The molecule has 1 aromatic heterocycles. The summed E-state index contributed by atoms with van der Waals surface area (Å²) in [6, 6.07) is 11.0. The Hall–Kier alpha value is -2.10. The van der Waals surface area contributed by atoms with E-state index in [0.717, 1.165) is 23.7 Å². The molecule has 0 aliphatic carbocycles. The van der Waals surface area contributed by atoms with Crippen LogP contribution < -0.4 is 14.3 Å². The van der Waals surface area contributed by atoms with Crippen molar-refractivity contribution in [3.05, 3.63) is 46.7 Å². The summed E-state index contributed by atoms with van der Waals surface area (Å²) >= 11 is 1.46. The van der Waals surface area contributed by atoms with Crippen molar-refractivity contribution in [2.45, 2.75) is 0 Å². The van der Waals surface area contributed by atoms with Gasteiger partial charge in [-0.25, -0.2) is 4.72 Å². The highest BCUT2D eigenvalue weighted by Crippen LogP contribution is 2.21. The van der Waals surface area contributed by atoms with Gasteiger partial charge in [-0.05, 0) is 35.7 Å². The normalized spacial score (nSPS) is 15.2. The van der Waals surface area contributed by atoms with Gasteiger partial charge in [0.05, 0.1) is 4.88 Å². The van der Waals surface area contributed by atoms with Gasteiger partial charge >= 0.3 is 0 Å². The Kier molecular flexibility index (Phi) is 5.26. The van der Waals surface area contributed by atoms with Crippen LogP contribution >= 0.6 is 11.3 Å². The van der Waals surface area contributed by atoms with E-state index in [2.05, 4.69) is 14.3 Å². The van der Waals surface area contributed by atoms with E-state index < -0.39 is 10.2 Å². The number of piperazine rings is 1. The van der Waals surface area contributed by atoms with Crippen molar-refractivity contribution < 1.29 is 13.2 Å². The molecule has 134 valence electrons. The summed E-state index contributed by atoms with van der Waals surface area (Å²) in [5.41, 5.74) is 1.51. The maximum atomic E-state index is 12.4. The number of hydrogen-bond acceptors (Lipinski definition) is 5. The lowest BCUT2D eigenvalue weighted by atomic mass is 10.2. The molecule has 1 aliphatic rings. The molecule has 1 fully saturated rings. The fourth-order valence-electron chi connectivity index (χ4n) is 2.67. The number of nitrogens with zero attached hydrogens (tertiary/aromatic N) is 2. The summed E-state index contributed by atoms with van der Waals surface area (Å²) in [5, 5.41) is 1.91. The monoisotopic (exact) mass is 380 g/mol. The lowest BCUT2D eigenvalue weighted by Gasteiger charge is -2.36. The first-order chi connectivity index (χ1) is 12.0. The summed E-state index contributed by atoms with van der Waals surface area (Å²) in [7, 11) is -2.15. The van der Waals surface area contributed by atoms with Crippen LogP contribution in [0.2, 0.25) is 0 Å². The minimum Gasteiger partial charge on any atom is -0.368 e. The molecule has 1 aromatic carbocycles. The van der Waals surface area contributed by atoms with Gasteiger partial charge < -0.3 is 9.80 Å². The van der Waals surface area contributed by atoms with Gasteiger partial charge in [0, 0.05) is 44.6 Å². The second-order valence-electron chi connectivity index (χ2n) is 5.61. The van der Waals surface area contributed by atoms with E-state index in [9.17, 15) is 13.2 Å². The number of nitrogens with one attached hydrogen (secondary N) is 2. The molecule has 0 atom stereocenters. The summed E-state index contributed by atoms with van der Waals surface area (Å²) in [6.45, 7) is 2.84. The maximum Gasteiger partial charge on any atom is 0.298 e. The SMILES string of the molecule is CNS(=O)(=O)Nc1ccc(N2CCN(C(=O)c3cccs3)CC2)cc1. The third-order valence-corrected chi connectivity index (χ3v) is 5.95. The van der Waals surface area contributed by atoms with Crippen LogP contribution in [-0.2, 0) is 10.2 Å². The molecule has 1 saturated heterocycles. The fourth-order valence-corrected chi connectivity index (χ4v) is 3.91. The molecule has 2 N–H and O–H groups in total. The number of rotatable bonds is 5. The highest BCUT2D eigenvalue weighted by Gasteiger charge is 2.22. The van der Waals surface area contributed by atoms with Crippen LogP contribution in [0.25, 0.3) is 0 Å². The molecule has 0 saturated carbocycles. The van der Waals surface area contributed by atoms with Crippen LogP contribution in [0.15, 0.2) is 41.8 Å².